The van der Waals surface area contributed by atoms with E-state index in [1.165, 1.54) is 10.5 Å². The van der Waals surface area contributed by atoms with Crippen molar-refractivity contribution in [3.8, 4) is 0 Å². The van der Waals surface area contributed by atoms with Crippen LogP contribution in [0.2, 0.25) is 0 Å². The monoisotopic (exact) mass is 638 g/mol. The van der Waals surface area contributed by atoms with Crippen molar-refractivity contribution in [1.82, 2.24) is 20.4 Å². The fourth-order valence-corrected chi connectivity index (χ4v) is 6.83. The van der Waals surface area contributed by atoms with Crippen molar-refractivity contribution in [2.24, 2.45) is 5.92 Å². The molecule has 0 radical (unpaired) electrons. The van der Waals surface area contributed by atoms with Gasteiger partial charge in [0, 0.05) is 18.9 Å². The number of aliphatic carboxylic acids is 1. The zero-order valence-electron chi connectivity index (χ0n) is 27.1. The first-order chi connectivity index (χ1) is 21.8. The van der Waals surface area contributed by atoms with Gasteiger partial charge in [-0.1, -0.05) is 49.3 Å². The molecule has 1 saturated carbocycles. The van der Waals surface area contributed by atoms with E-state index >= 15 is 0 Å². The molecule has 250 valence electrons. The Balaban J connectivity index is 1.38. The van der Waals surface area contributed by atoms with Gasteiger partial charge in [-0.15, -0.1) is 0 Å². The van der Waals surface area contributed by atoms with Gasteiger partial charge in [-0.25, -0.2) is 14.4 Å². The number of nitrogens with zero attached hydrogens (tertiary/aromatic N) is 2. The lowest BCUT2D eigenvalue weighted by atomic mass is 9.94. The summed E-state index contributed by atoms with van der Waals surface area (Å²) in [4.78, 5) is 69.5. The maximum atomic E-state index is 14.1. The van der Waals surface area contributed by atoms with Crippen LogP contribution in [0.25, 0.3) is 0 Å². The minimum absolute atomic E-state index is 0.00250. The van der Waals surface area contributed by atoms with E-state index < -0.39 is 59.3 Å². The van der Waals surface area contributed by atoms with E-state index in [4.69, 9.17) is 9.47 Å². The summed E-state index contributed by atoms with van der Waals surface area (Å²) < 4.78 is 11.4. The van der Waals surface area contributed by atoms with Crippen LogP contribution in [0.1, 0.15) is 89.8 Å². The Morgan fingerprint density at radius 2 is 1.87 bits per heavy atom. The second-order valence-electron chi connectivity index (χ2n) is 13.9. The van der Waals surface area contributed by atoms with Crippen molar-refractivity contribution in [1.29, 1.82) is 0 Å². The Morgan fingerprint density at radius 3 is 2.61 bits per heavy atom. The zero-order chi connectivity index (χ0) is 33.2. The SMILES string of the molecule is CC1c2ccccc2CCN1C(=O)O[C@@H]1C[C@H]2C(=O)N[C@]3(C(=O)O)C[C@H]3/C=C\CCCCC[C@H](NC(=O)OC(C)(C)C)C(=O)N2C1. The molecular weight excluding hydrogens is 592 g/mol. The van der Waals surface area contributed by atoms with E-state index in [0.717, 1.165) is 24.8 Å². The van der Waals surface area contributed by atoms with Gasteiger partial charge >= 0.3 is 18.2 Å². The smallest absolute Gasteiger partial charge is 0.410 e. The highest BCUT2D eigenvalue weighted by Gasteiger charge is 2.61. The number of carbonyl (C=O) groups excluding carboxylic acids is 4. The van der Waals surface area contributed by atoms with Gasteiger partial charge in [-0.3, -0.25) is 9.59 Å². The van der Waals surface area contributed by atoms with Crippen LogP contribution < -0.4 is 10.6 Å². The molecule has 1 aliphatic carbocycles. The molecular formula is C34H46N4O8. The highest BCUT2D eigenvalue weighted by atomic mass is 16.6. The van der Waals surface area contributed by atoms with Gasteiger partial charge in [-0.2, -0.15) is 0 Å². The molecule has 5 rings (SSSR count). The largest absolute Gasteiger partial charge is 0.479 e. The molecule has 3 N–H and O–H groups in total. The topological polar surface area (TPSA) is 155 Å². The van der Waals surface area contributed by atoms with Crippen LogP contribution in [-0.2, 0) is 30.3 Å². The summed E-state index contributed by atoms with van der Waals surface area (Å²) in [7, 11) is 0. The van der Waals surface area contributed by atoms with Crippen LogP contribution in [0, 0.1) is 5.92 Å². The number of ether oxygens (including phenoxy) is 2. The minimum atomic E-state index is -1.46. The van der Waals surface area contributed by atoms with Gasteiger partial charge < -0.3 is 35.0 Å². The number of allylic oxidation sites excluding steroid dienone is 1. The lowest BCUT2D eigenvalue weighted by Crippen LogP contribution is -2.56. The van der Waals surface area contributed by atoms with E-state index in [2.05, 4.69) is 10.6 Å². The summed E-state index contributed by atoms with van der Waals surface area (Å²) >= 11 is 0. The summed E-state index contributed by atoms with van der Waals surface area (Å²) in [5.74, 6) is -2.63. The van der Waals surface area contributed by atoms with E-state index in [1.807, 2.05) is 43.3 Å². The number of amides is 4. The first-order valence-electron chi connectivity index (χ1n) is 16.4. The van der Waals surface area contributed by atoms with E-state index in [1.54, 1.807) is 25.7 Å². The van der Waals surface area contributed by atoms with E-state index in [9.17, 15) is 29.1 Å². The second kappa shape index (κ2) is 13.3. The Kier molecular flexibility index (Phi) is 9.65. The number of carboxylic acids is 1. The average molecular weight is 639 g/mol. The number of carbonyl (C=O) groups is 5. The summed E-state index contributed by atoms with van der Waals surface area (Å²) in [5, 5.41) is 15.5. The van der Waals surface area contributed by atoms with Crippen LogP contribution in [0.4, 0.5) is 9.59 Å². The van der Waals surface area contributed by atoms with Gasteiger partial charge in [0.25, 0.3) is 0 Å². The van der Waals surface area contributed by atoms with Crippen molar-refractivity contribution < 1.29 is 38.6 Å². The Hall–Kier alpha value is -4.09. The van der Waals surface area contributed by atoms with Crippen molar-refractivity contribution in [2.75, 3.05) is 13.1 Å². The molecule has 4 aliphatic rings. The number of carboxylic acid groups (broad SMARTS) is 1. The highest BCUT2D eigenvalue weighted by molar-refractivity contribution is 5.96. The molecule has 1 unspecified atom stereocenters. The number of nitrogens with one attached hydrogen (secondary N) is 2. The summed E-state index contributed by atoms with van der Waals surface area (Å²) in [6.45, 7) is 7.51. The third-order valence-electron chi connectivity index (χ3n) is 9.41. The van der Waals surface area contributed by atoms with Gasteiger partial charge in [0.15, 0.2) is 0 Å². The predicted octanol–water partition coefficient (Wildman–Crippen LogP) is 4.08. The van der Waals surface area contributed by atoms with Crippen molar-refractivity contribution in [2.45, 2.75) is 114 Å². The molecule has 6 atom stereocenters. The van der Waals surface area contributed by atoms with Gasteiger partial charge in [0.05, 0.1) is 12.6 Å². The molecule has 3 aliphatic heterocycles. The molecule has 1 aromatic rings. The van der Waals surface area contributed by atoms with Crippen molar-refractivity contribution in [3.05, 3.63) is 47.5 Å². The quantitative estimate of drug-likeness (QED) is 0.419. The Bertz CT molecular complexity index is 1390. The molecule has 0 aromatic heterocycles. The molecule has 0 bridgehead atoms. The minimum Gasteiger partial charge on any atom is -0.479 e. The Morgan fingerprint density at radius 1 is 1.11 bits per heavy atom. The molecule has 3 heterocycles. The van der Waals surface area contributed by atoms with E-state index in [0.29, 0.717) is 25.8 Å². The first kappa shape index (κ1) is 33.3. The number of alkyl carbamates (subject to hydrolysis) is 1. The highest BCUT2D eigenvalue weighted by Crippen LogP contribution is 2.45. The van der Waals surface area contributed by atoms with Crippen molar-refractivity contribution in [3.63, 3.8) is 0 Å². The van der Waals surface area contributed by atoms with Crippen LogP contribution in [0.5, 0.6) is 0 Å². The number of benzene rings is 1. The van der Waals surface area contributed by atoms with Crippen LogP contribution in [0.15, 0.2) is 36.4 Å². The lowest BCUT2D eigenvalue weighted by Gasteiger charge is -2.35. The molecule has 1 saturated heterocycles. The van der Waals surface area contributed by atoms with Gasteiger partial charge in [0.2, 0.25) is 11.8 Å². The lowest BCUT2D eigenvalue weighted by molar-refractivity contribution is -0.145. The molecule has 4 amide bonds. The zero-order valence-corrected chi connectivity index (χ0v) is 27.1. The summed E-state index contributed by atoms with van der Waals surface area (Å²) in [6, 6.07) is 5.65. The number of fused-ring (bicyclic) bond motifs is 3. The molecule has 0 spiro atoms. The van der Waals surface area contributed by atoms with Crippen LogP contribution >= 0.6 is 0 Å². The maximum Gasteiger partial charge on any atom is 0.410 e. The fourth-order valence-electron chi connectivity index (χ4n) is 6.83. The maximum absolute atomic E-state index is 14.1. The number of rotatable bonds is 3. The molecule has 1 aromatic carbocycles. The molecule has 46 heavy (non-hydrogen) atoms. The van der Waals surface area contributed by atoms with Gasteiger partial charge in [0.1, 0.15) is 29.3 Å². The molecule has 12 heteroatoms. The second-order valence-corrected chi connectivity index (χ2v) is 13.9. The van der Waals surface area contributed by atoms with Crippen LogP contribution in [0.3, 0.4) is 0 Å². The third-order valence-corrected chi connectivity index (χ3v) is 9.41. The van der Waals surface area contributed by atoms with E-state index in [-0.39, 0.29) is 31.3 Å². The predicted molar refractivity (Wildman–Crippen MR) is 168 cm³/mol. The van der Waals surface area contributed by atoms with Crippen molar-refractivity contribution >= 4 is 30.0 Å². The third kappa shape index (κ3) is 7.31. The number of hydrogen-bond donors (Lipinski definition) is 3. The summed E-state index contributed by atoms with van der Waals surface area (Å²) in [6.07, 6.45) is 5.93. The standard InChI is InChI=1S/C34H46N4O8/c1-21-25-14-11-10-12-22(25)16-17-37(21)32(44)45-24-18-27-28(39)36-34(30(41)42)19-23(34)13-8-6-5-7-9-15-26(29(40)38(27)20-24)35-31(43)46-33(2,3)4/h8,10-14,21,23-24,26-27H,5-7,9,15-20H2,1-4H3,(H,35,43)(H,36,39)(H,41,42)/b13-8-/t21?,23-,24-,26+,27+,34-/m1/s1. The van der Waals surface area contributed by atoms with Gasteiger partial charge in [-0.05, 0) is 70.9 Å². The average Bonchev–Trinajstić information content (AvgIpc) is 3.52. The summed E-state index contributed by atoms with van der Waals surface area (Å²) in [5.41, 5.74) is -0.0195. The first-order valence-corrected chi connectivity index (χ1v) is 16.4. The molecule has 2 fully saturated rings. The Labute approximate surface area is 269 Å². The normalized spacial score (nSPS) is 30.7. The fraction of sp³-hybridized carbons (Fsp3) is 0.618. The number of hydrogen-bond acceptors (Lipinski definition) is 7. The molecule has 12 nitrogen and oxygen atoms in total. The van der Waals surface area contributed by atoms with Crippen LogP contribution in [-0.4, -0.2) is 87.3 Å².